The van der Waals surface area contributed by atoms with E-state index in [0.717, 1.165) is 41.3 Å². The highest BCUT2D eigenvalue weighted by Gasteiger charge is 2.29. The van der Waals surface area contributed by atoms with Gasteiger partial charge in [-0.3, -0.25) is 18.7 Å². The van der Waals surface area contributed by atoms with Crippen LogP contribution < -0.4 is 29.4 Å². The lowest BCUT2D eigenvalue weighted by molar-refractivity contribution is -0.688. The zero-order valence-electron chi connectivity index (χ0n) is 35.4. The predicted molar refractivity (Wildman–Crippen MR) is 246 cm³/mol. The monoisotopic (exact) mass is 964 g/mol. The molecule has 0 aliphatic heterocycles. The van der Waals surface area contributed by atoms with Crippen molar-refractivity contribution in [2.75, 3.05) is 13.1 Å². The van der Waals surface area contributed by atoms with Crippen LogP contribution in [0.3, 0.4) is 0 Å². The fraction of sp³-hybridized carbons (Fsp3) is 0.130. The number of nitrogens with one attached hydrogen (secondary N) is 2. The number of benzene rings is 6. The van der Waals surface area contributed by atoms with Crippen LogP contribution in [0.2, 0.25) is 0 Å². The number of amides is 1. The average molecular weight is 965 g/mol. The van der Waals surface area contributed by atoms with Crippen molar-refractivity contribution in [1.82, 2.24) is 10.0 Å². The van der Waals surface area contributed by atoms with Gasteiger partial charge in [0.2, 0.25) is 10.0 Å². The van der Waals surface area contributed by atoms with Crippen LogP contribution in [0.15, 0.2) is 149 Å². The first-order chi connectivity index (χ1) is 31.8. The minimum atomic E-state index is -5.09. The van der Waals surface area contributed by atoms with E-state index >= 15 is 0 Å². The number of carbonyl (C=O) groups excluding carboxylic acids is 2. The second-order valence-electron chi connectivity index (χ2n) is 15.7. The molecule has 0 aliphatic rings. The topological polar surface area (TPSA) is 259 Å². The Morgan fingerprint density at radius 2 is 1.13 bits per heavy atom. The van der Waals surface area contributed by atoms with E-state index < -0.39 is 63.9 Å². The van der Waals surface area contributed by atoms with Crippen molar-refractivity contribution in [3.05, 3.63) is 151 Å². The summed E-state index contributed by atoms with van der Waals surface area (Å²) in [5.74, 6) is -1.53. The van der Waals surface area contributed by atoms with E-state index in [9.17, 15) is 54.0 Å². The van der Waals surface area contributed by atoms with Gasteiger partial charge < -0.3 is 20.1 Å². The Hall–Kier alpha value is -6.69. The SMILES string of the molecule is CC(=O)Oc1cc(S(=O)(=O)O)c2ccc3c(S(=O)(=O)O)cc(S(=O)(=O)NCCCNC(=O)c4ccc(C[n+]5ccc(-c6cc[n+](Cc7cccc(B(O)O)c7)cc6)cc5)cc4)c4ccc1c2c34. The van der Waals surface area contributed by atoms with Gasteiger partial charge in [-0.25, -0.2) is 22.3 Å². The van der Waals surface area contributed by atoms with Crippen LogP contribution in [0.1, 0.15) is 34.8 Å². The summed E-state index contributed by atoms with van der Waals surface area (Å²) in [5.41, 5.74) is 4.73. The number of carbonyl (C=O) groups is 2. The lowest BCUT2D eigenvalue weighted by Gasteiger charge is -2.19. The van der Waals surface area contributed by atoms with Crippen LogP contribution in [0.5, 0.6) is 5.75 Å². The molecule has 6 aromatic carbocycles. The first-order valence-electron chi connectivity index (χ1n) is 20.5. The summed E-state index contributed by atoms with van der Waals surface area (Å²) < 4.78 is 110. The molecule has 342 valence electrons. The molecule has 17 nitrogen and oxygen atoms in total. The average Bonchev–Trinajstić information content (AvgIpc) is 3.28. The van der Waals surface area contributed by atoms with Gasteiger partial charge in [-0.05, 0) is 47.3 Å². The highest BCUT2D eigenvalue weighted by Crippen LogP contribution is 2.45. The van der Waals surface area contributed by atoms with Crippen molar-refractivity contribution in [2.24, 2.45) is 0 Å². The van der Waals surface area contributed by atoms with Crippen molar-refractivity contribution >= 4 is 87.0 Å². The number of ether oxygens (including phenoxy) is 1. The van der Waals surface area contributed by atoms with E-state index in [-0.39, 0.29) is 57.6 Å². The zero-order valence-corrected chi connectivity index (χ0v) is 37.8. The summed E-state index contributed by atoms with van der Waals surface area (Å²) in [7, 11) is -16.1. The van der Waals surface area contributed by atoms with Crippen LogP contribution in [-0.2, 0) is 48.1 Å². The van der Waals surface area contributed by atoms with Crippen molar-refractivity contribution in [2.45, 2.75) is 41.1 Å². The minimum Gasteiger partial charge on any atom is -0.426 e. The number of hydrogen-bond acceptors (Lipinski definition) is 11. The van der Waals surface area contributed by atoms with Gasteiger partial charge in [-0.15, -0.1) is 0 Å². The summed E-state index contributed by atoms with van der Waals surface area (Å²) in [4.78, 5) is 22.9. The maximum absolute atomic E-state index is 13.9. The Bertz CT molecular complexity index is 3560. The Morgan fingerprint density at radius 3 is 1.69 bits per heavy atom. The van der Waals surface area contributed by atoms with Crippen molar-refractivity contribution in [3.8, 4) is 16.9 Å². The third kappa shape index (κ3) is 10.2. The lowest BCUT2D eigenvalue weighted by Crippen LogP contribution is -2.35. The van der Waals surface area contributed by atoms with Crippen LogP contribution in [0.25, 0.3) is 43.4 Å². The molecular formula is C46H41BN4O13S3+2. The van der Waals surface area contributed by atoms with Gasteiger partial charge in [-0.2, -0.15) is 16.8 Å². The van der Waals surface area contributed by atoms with Crippen LogP contribution in [-0.4, -0.2) is 76.5 Å². The summed E-state index contributed by atoms with van der Waals surface area (Å²) in [6.45, 7) is 2.02. The molecule has 21 heteroatoms. The summed E-state index contributed by atoms with van der Waals surface area (Å²) in [6, 6.07) is 28.9. The van der Waals surface area contributed by atoms with Gasteiger partial charge in [0.1, 0.15) is 15.5 Å². The maximum Gasteiger partial charge on any atom is 0.488 e. The maximum atomic E-state index is 13.9. The summed E-state index contributed by atoms with van der Waals surface area (Å²) >= 11 is 0. The highest BCUT2D eigenvalue weighted by molar-refractivity contribution is 7.90. The molecule has 0 radical (unpaired) electrons. The third-order valence-corrected chi connectivity index (χ3v) is 14.4. The Kier molecular flexibility index (Phi) is 13.0. The minimum absolute atomic E-state index is 0.0474. The highest BCUT2D eigenvalue weighted by atomic mass is 32.2. The van der Waals surface area contributed by atoms with Gasteiger partial charge >= 0.3 is 13.1 Å². The molecule has 6 N–H and O–H groups in total. The van der Waals surface area contributed by atoms with Crippen LogP contribution >= 0.6 is 0 Å². The smallest absolute Gasteiger partial charge is 0.426 e. The van der Waals surface area contributed by atoms with Crippen LogP contribution in [0.4, 0.5) is 0 Å². The Balaban J connectivity index is 0.897. The molecule has 0 bridgehead atoms. The van der Waals surface area contributed by atoms with E-state index in [0.29, 0.717) is 24.1 Å². The lowest BCUT2D eigenvalue weighted by atomic mass is 9.79. The molecule has 1 amide bonds. The molecule has 0 saturated heterocycles. The fourth-order valence-corrected chi connectivity index (χ4v) is 10.8. The summed E-state index contributed by atoms with van der Waals surface area (Å²) in [5, 5.41) is 21.3. The normalized spacial score (nSPS) is 12.2. The molecule has 0 spiro atoms. The van der Waals surface area contributed by atoms with E-state index in [1.165, 1.54) is 24.3 Å². The molecule has 2 aromatic heterocycles. The third-order valence-electron chi connectivity index (χ3n) is 11.1. The number of pyridine rings is 2. The second kappa shape index (κ2) is 18.5. The van der Waals surface area contributed by atoms with E-state index in [1.807, 2.05) is 76.4 Å². The van der Waals surface area contributed by atoms with Gasteiger partial charge in [-0.1, -0.05) is 54.6 Å². The number of sulfonamides is 1. The first-order valence-corrected chi connectivity index (χ1v) is 24.9. The predicted octanol–water partition coefficient (Wildman–Crippen LogP) is 3.12. The molecule has 8 aromatic rings. The van der Waals surface area contributed by atoms with Crippen molar-refractivity contribution < 1.29 is 67.9 Å². The van der Waals surface area contributed by atoms with Gasteiger partial charge in [0.25, 0.3) is 26.1 Å². The number of aromatic nitrogens is 2. The van der Waals surface area contributed by atoms with Crippen LogP contribution in [0, 0.1) is 0 Å². The Labute approximate surface area is 384 Å². The quantitative estimate of drug-likeness (QED) is 0.0155. The molecule has 67 heavy (non-hydrogen) atoms. The first kappa shape index (κ1) is 46.8. The number of rotatable bonds is 16. The summed E-state index contributed by atoms with van der Waals surface area (Å²) in [6.07, 6.45) is 7.95. The number of hydrogen-bond donors (Lipinski definition) is 6. The van der Waals surface area contributed by atoms with Gasteiger partial charge in [0.15, 0.2) is 37.9 Å². The van der Waals surface area contributed by atoms with Crippen molar-refractivity contribution in [3.63, 3.8) is 0 Å². The molecule has 0 atom stereocenters. The van der Waals surface area contributed by atoms with E-state index in [4.69, 9.17) is 4.74 Å². The molecule has 0 fully saturated rings. The fourth-order valence-electron chi connectivity index (χ4n) is 7.98. The molecule has 2 heterocycles. The van der Waals surface area contributed by atoms with Gasteiger partial charge in [0, 0.05) is 99.4 Å². The van der Waals surface area contributed by atoms with E-state index in [1.54, 1.807) is 30.3 Å². The van der Waals surface area contributed by atoms with Gasteiger partial charge in [0.05, 0.1) is 4.90 Å². The molecule has 0 saturated carbocycles. The largest absolute Gasteiger partial charge is 0.488 e. The molecule has 8 rings (SSSR count). The number of nitrogens with zero attached hydrogens (tertiary/aromatic N) is 2. The molecular weight excluding hydrogens is 924 g/mol. The number of esters is 1. The van der Waals surface area contributed by atoms with Crippen molar-refractivity contribution in [1.29, 1.82) is 0 Å². The standard InChI is InChI=1S/C46H39BN4O13S3/c1-29(52)64-40-25-42(66(58,59)60)38-12-13-39-43(67(61,62)63)26-41(37-11-10-36(40)44(38)45(37)39)65(56,57)49-19-3-18-48-46(53)34-8-6-30(7-9-34)27-50-20-14-32(15-21-50)33-16-22-51(23-17-33)28-31-4-2-5-35(24-31)47(54)55/h2,4-17,20-26,49,54-55H,3,18-19,27-28H2,1H3,(H-2,48,53,58,59,60,61,62,63)/p+2. The Morgan fingerprint density at radius 1 is 0.612 bits per heavy atom. The molecule has 0 aliphatic carbocycles. The van der Waals surface area contributed by atoms with E-state index in [2.05, 4.69) is 10.0 Å². The second-order valence-corrected chi connectivity index (χ2v) is 20.2. The zero-order chi connectivity index (χ0) is 47.8. The molecule has 0 unspecified atom stereocenters.